The quantitative estimate of drug-likeness (QED) is 0.469. The molecule has 0 heterocycles. The van der Waals surface area contributed by atoms with E-state index in [9.17, 15) is 5.11 Å². The molecule has 1 heteroatoms. The van der Waals surface area contributed by atoms with Crippen LogP contribution >= 0.6 is 0 Å². The molecular formula is C21H36O. The Morgan fingerprint density at radius 1 is 1.05 bits per heavy atom. The third-order valence-corrected chi connectivity index (χ3v) is 6.56. The number of rotatable bonds is 6. The highest BCUT2D eigenvalue weighted by Crippen LogP contribution is 2.61. The number of unbranched alkanes of at least 4 members (excludes halogenated alkanes) is 2. The van der Waals surface area contributed by atoms with Gasteiger partial charge in [-0.2, -0.15) is 0 Å². The molecule has 1 atom stereocenters. The van der Waals surface area contributed by atoms with Gasteiger partial charge in [-0.15, -0.1) is 6.58 Å². The fourth-order valence-corrected chi connectivity index (χ4v) is 4.71. The summed E-state index contributed by atoms with van der Waals surface area (Å²) >= 11 is 0. The normalized spacial score (nSPS) is 26.6. The molecule has 0 amide bonds. The average molecular weight is 305 g/mol. The Morgan fingerprint density at radius 2 is 1.55 bits per heavy atom. The van der Waals surface area contributed by atoms with Crippen molar-refractivity contribution in [3.8, 4) is 0 Å². The van der Waals surface area contributed by atoms with Crippen LogP contribution in [0.2, 0.25) is 0 Å². The molecule has 0 saturated heterocycles. The van der Waals surface area contributed by atoms with Gasteiger partial charge in [0.05, 0.1) is 6.10 Å². The van der Waals surface area contributed by atoms with Gasteiger partial charge in [-0.1, -0.05) is 71.1 Å². The molecule has 126 valence electrons. The molecule has 0 spiro atoms. The van der Waals surface area contributed by atoms with Gasteiger partial charge >= 0.3 is 0 Å². The Hall–Kier alpha value is -0.560. The third-order valence-electron chi connectivity index (χ3n) is 6.56. The van der Waals surface area contributed by atoms with Crippen LogP contribution in [0, 0.1) is 16.2 Å². The number of hydrogen-bond acceptors (Lipinski definition) is 1. The minimum absolute atomic E-state index is 0.0144. The van der Waals surface area contributed by atoms with Gasteiger partial charge in [0.1, 0.15) is 0 Å². The molecule has 0 radical (unpaired) electrons. The molecule has 2 aliphatic rings. The van der Waals surface area contributed by atoms with Gasteiger partial charge in [0.25, 0.3) is 0 Å². The Labute approximate surface area is 137 Å². The second kappa shape index (κ2) is 6.15. The minimum Gasteiger partial charge on any atom is -0.388 e. The Balaban J connectivity index is 2.32. The average Bonchev–Trinajstić information content (AvgIpc) is 2.87. The van der Waals surface area contributed by atoms with Crippen LogP contribution in [-0.2, 0) is 0 Å². The smallest absolute Gasteiger partial charge is 0.0780 e. The second-order valence-corrected chi connectivity index (χ2v) is 9.08. The van der Waals surface area contributed by atoms with Gasteiger partial charge in [-0.25, -0.2) is 0 Å². The lowest BCUT2D eigenvalue weighted by molar-refractivity contribution is 0.0559. The van der Waals surface area contributed by atoms with E-state index in [-0.39, 0.29) is 11.5 Å². The molecule has 0 aromatic rings. The van der Waals surface area contributed by atoms with Crippen molar-refractivity contribution < 1.29 is 5.11 Å². The van der Waals surface area contributed by atoms with Gasteiger partial charge in [-0.3, -0.25) is 0 Å². The molecule has 0 aromatic heterocycles. The van der Waals surface area contributed by atoms with Gasteiger partial charge in [0, 0.05) is 5.41 Å². The highest BCUT2D eigenvalue weighted by Gasteiger charge is 2.51. The molecule has 2 aliphatic carbocycles. The van der Waals surface area contributed by atoms with E-state index in [1.807, 2.05) is 0 Å². The summed E-state index contributed by atoms with van der Waals surface area (Å²) in [6.45, 7) is 15.8. The highest BCUT2D eigenvalue weighted by atomic mass is 16.3. The van der Waals surface area contributed by atoms with Gasteiger partial charge in [0.2, 0.25) is 0 Å². The molecule has 2 rings (SSSR count). The van der Waals surface area contributed by atoms with Crippen LogP contribution in [-0.4, -0.2) is 11.2 Å². The van der Waals surface area contributed by atoms with Crippen LogP contribution in [0.4, 0.5) is 0 Å². The summed E-state index contributed by atoms with van der Waals surface area (Å²) in [6.07, 6.45) is 11.0. The first-order valence-corrected chi connectivity index (χ1v) is 9.22. The molecule has 0 saturated carbocycles. The number of hydrogen-bond donors (Lipinski definition) is 1. The van der Waals surface area contributed by atoms with Crippen molar-refractivity contribution in [3.05, 3.63) is 23.8 Å². The van der Waals surface area contributed by atoms with Gasteiger partial charge in [-0.05, 0) is 42.9 Å². The first kappa shape index (κ1) is 17.8. The van der Waals surface area contributed by atoms with E-state index in [1.165, 1.54) is 32.1 Å². The molecular weight excluding hydrogens is 268 g/mol. The summed E-state index contributed by atoms with van der Waals surface area (Å²) in [5, 5.41) is 10.8. The zero-order valence-electron chi connectivity index (χ0n) is 15.5. The lowest BCUT2D eigenvalue weighted by atomic mass is 9.64. The van der Waals surface area contributed by atoms with Crippen molar-refractivity contribution in [3.63, 3.8) is 0 Å². The molecule has 0 aromatic carbocycles. The van der Waals surface area contributed by atoms with Crippen LogP contribution in [0.1, 0.15) is 86.0 Å². The van der Waals surface area contributed by atoms with Gasteiger partial charge in [0.15, 0.2) is 0 Å². The van der Waals surface area contributed by atoms with Crippen LogP contribution in [0.3, 0.4) is 0 Å². The predicted octanol–water partition coefficient (Wildman–Crippen LogP) is 6.04. The van der Waals surface area contributed by atoms with Crippen molar-refractivity contribution in [1.82, 2.24) is 0 Å². The van der Waals surface area contributed by atoms with Crippen LogP contribution in [0.25, 0.3) is 0 Å². The molecule has 0 fully saturated rings. The maximum absolute atomic E-state index is 10.8. The van der Waals surface area contributed by atoms with Gasteiger partial charge < -0.3 is 5.11 Å². The molecule has 0 bridgehead atoms. The van der Waals surface area contributed by atoms with E-state index in [0.717, 1.165) is 19.3 Å². The number of aliphatic hydroxyl groups excluding tert-OH is 1. The summed E-state index contributed by atoms with van der Waals surface area (Å²) in [7, 11) is 0. The summed E-state index contributed by atoms with van der Waals surface area (Å²) in [5.74, 6) is 0. The fourth-order valence-electron chi connectivity index (χ4n) is 4.71. The SMILES string of the molecule is C=CC(O)C1(CCCCC)CC2=C(C1)C(C)(C)CCC2(C)C. The Morgan fingerprint density at radius 3 is 1.95 bits per heavy atom. The molecule has 1 unspecified atom stereocenters. The third kappa shape index (κ3) is 3.07. The molecule has 22 heavy (non-hydrogen) atoms. The highest BCUT2D eigenvalue weighted by molar-refractivity contribution is 5.37. The maximum Gasteiger partial charge on any atom is 0.0780 e. The second-order valence-electron chi connectivity index (χ2n) is 9.08. The van der Waals surface area contributed by atoms with E-state index < -0.39 is 0 Å². The molecule has 1 nitrogen and oxygen atoms in total. The van der Waals surface area contributed by atoms with Crippen molar-refractivity contribution in [2.45, 2.75) is 92.1 Å². The minimum atomic E-state index is -0.374. The summed E-state index contributed by atoms with van der Waals surface area (Å²) in [6, 6.07) is 0. The summed E-state index contributed by atoms with van der Waals surface area (Å²) in [5.41, 5.74) is 3.93. The monoisotopic (exact) mass is 304 g/mol. The molecule has 0 aliphatic heterocycles. The zero-order chi connectivity index (χ0) is 16.6. The molecule has 1 N–H and O–H groups in total. The lowest BCUT2D eigenvalue weighted by Gasteiger charge is -2.41. The van der Waals surface area contributed by atoms with E-state index >= 15 is 0 Å². The fraction of sp³-hybridized carbons (Fsp3) is 0.810. The first-order valence-electron chi connectivity index (χ1n) is 9.22. The predicted molar refractivity (Wildman–Crippen MR) is 95.8 cm³/mol. The van der Waals surface area contributed by atoms with Crippen LogP contribution < -0.4 is 0 Å². The zero-order valence-corrected chi connectivity index (χ0v) is 15.5. The van der Waals surface area contributed by atoms with Crippen molar-refractivity contribution >= 4 is 0 Å². The van der Waals surface area contributed by atoms with E-state index in [2.05, 4.69) is 41.2 Å². The maximum atomic E-state index is 10.8. The topological polar surface area (TPSA) is 20.2 Å². The van der Waals surface area contributed by atoms with Crippen molar-refractivity contribution in [1.29, 1.82) is 0 Å². The standard InChI is InChI=1S/C21H36O/c1-7-9-10-11-21(18(22)8-2)14-16-17(15-21)20(5,6)13-12-19(16,3)4/h8,18,22H,2,7,9-15H2,1,3-6H3. The first-order chi connectivity index (χ1) is 10.2. The number of allylic oxidation sites excluding steroid dienone is 2. The van der Waals surface area contributed by atoms with Crippen molar-refractivity contribution in [2.75, 3.05) is 0 Å². The number of aliphatic hydroxyl groups is 1. The lowest BCUT2D eigenvalue weighted by Crippen LogP contribution is -2.32. The summed E-state index contributed by atoms with van der Waals surface area (Å²) in [4.78, 5) is 0. The largest absolute Gasteiger partial charge is 0.388 e. The summed E-state index contributed by atoms with van der Waals surface area (Å²) < 4.78 is 0. The van der Waals surface area contributed by atoms with Crippen molar-refractivity contribution in [2.24, 2.45) is 16.2 Å². The Bertz CT molecular complexity index is 425. The van der Waals surface area contributed by atoms with Crippen LogP contribution in [0.15, 0.2) is 23.8 Å². The van der Waals surface area contributed by atoms with E-state index in [0.29, 0.717) is 10.8 Å². The van der Waals surface area contributed by atoms with E-state index in [4.69, 9.17) is 0 Å². The van der Waals surface area contributed by atoms with E-state index in [1.54, 1.807) is 17.2 Å². The van der Waals surface area contributed by atoms with Crippen LogP contribution in [0.5, 0.6) is 0 Å². The Kier molecular flexibility index (Phi) is 4.97.